The number of fused-ring (bicyclic) bond motifs is 8. The summed E-state index contributed by atoms with van der Waals surface area (Å²) >= 11 is 0. The minimum Gasteiger partial charge on any atom is -0.458 e. The highest BCUT2D eigenvalue weighted by Gasteiger charge is 2.46. The molecule has 0 saturated carbocycles. The lowest BCUT2D eigenvalue weighted by atomic mass is 9.32. The van der Waals surface area contributed by atoms with E-state index < -0.39 is 0 Å². The highest BCUT2D eigenvalue weighted by atomic mass is 16.5. The summed E-state index contributed by atoms with van der Waals surface area (Å²) < 4.78 is 27.0. The van der Waals surface area contributed by atoms with Gasteiger partial charge in [0.2, 0.25) is 11.8 Å². The Labute approximate surface area is 312 Å². The molecule has 0 spiro atoms. The van der Waals surface area contributed by atoms with Gasteiger partial charge in [0.25, 0.3) is 13.4 Å². The molecule has 0 fully saturated rings. The van der Waals surface area contributed by atoms with Gasteiger partial charge in [-0.05, 0) is 91.6 Å². The number of para-hydroxylation sites is 2. The molecule has 0 unspecified atom stereocenters. The van der Waals surface area contributed by atoms with Gasteiger partial charge < -0.3 is 18.9 Å². The zero-order valence-electron chi connectivity index (χ0n) is 28.8. The number of rotatable bonds is 3. The molecular weight excluding hydrogens is 664 g/mol. The van der Waals surface area contributed by atoms with Crippen LogP contribution in [0.3, 0.4) is 0 Å². The maximum Gasteiger partial charge on any atom is 0.262 e. The molecule has 0 radical (unpaired) electrons. The average Bonchev–Trinajstić information content (AvgIpc) is 3.23. The first kappa shape index (κ1) is 29.6. The molecule has 5 nitrogen and oxygen atoms in total. The van der Waals surface area contributed by atoms with Crippen LogP contribution in [0.2, 0.25) is 0 Å². The Bertz CT molecular complexity index is 2860. The van der Waals surface area contributed by atoms with Crippen LogP contribution < -0.4 is 51.7 Å². The molecule has 4 aliphatic heterocycles. The largest absolute Gasteiger partial charge is 0.458 e. The van der Waals surface area contributed by atoms with Crippen molar-refractivity contribution in [1.82, 2.24) is 4.98 Å². The van der Waals surface area contributed by atoms with E-state index in [0.29, 0.717) is 11.8 Å². The van der Waals surface area contributed by atoms with Gasteiger partial charge in [-0.25, -0.2) is 0 Å². The molecule has 0 saturated heterocycles. The topological polar surface area (TPSA) is 49.8 Å². The van der Waals surface area contributed by atoms with Crippen LogP contribution in [0.25, 0.3) is 33.4 Å². The Morgan fingerprint density at radius 1 is 0.315 bits per heavy atom. The summed E-state index contributed by atoms with van der Waals surface area (Å²) in [7, 11) is 0. The second kappa shape index (κ2) is 11.3. The first-order valence-corrected chi connectivity index (χ1v) is 18.3. The van der Waals surface area contributed by atoms with Crippen molar-refractivity contribution in [2.24, 2.45) is 0 Å². The number of ether oxygens (including phenoxy) is 4. The Kier molecular flexibility index (Phi) is 6.17. The van der Waals surface area contributed by atoms with Gasteiger partial charge in [-0.2, -0.15) is 4.98 Å². The van der Waals surface area contributed by atoms with Gasteiger partial charge in [-0.1, -0.05) is 127 Å². The van der Waals surface area contributed by atoms with E-state index in [4.69, 9.17) is 23.9 Å². The van der Waals surface area contributed by atoms with Crippen molar-refractivity contribution < 1.29 is 18.9 Å². The molecule has 250 valence electrons. The first-order valence-electron chi connectivity index (χ1n) is 18.3. The van der Waals surface area contributed by atoms with Crippen molar-refractivity contribution in [3.8, 4) is 79.6 Å². The molecule has 0 aliphatic carbocycles. The van der Waals surface area contributed by atoms with Crippen molar-refractivity contribution >= 4 is 46.2 Å². The van der Waals surface area contributed by atoms with E-state index in [9.17, 15) is 0 Å². The highest BCUT2D eigenvalue weighted by molar-refractivity contribution is 7.00. The molecule has 54 heavy (non-hydrogen) atoms. The fraction of sp³-hybridized carbons (Fsp3) is 0. The molecule has 12 rings (SSSR count). The van der Waals surface area contributed by atoms with Gasteiger partial charge in [0.15, 0.2) is 0 Å². The van der Waals surface area contributed by atoms with Crippen LogP contribution in [0.4, 0.5) is 0 Å². The maximum absolute atomic E-state index is 6.87. The molecule has 5 heterocycles. The summed E-state index contributed by atoms with van der Waals surface area (Å²) in [5.74, 6) is 5.77. The van der Waals surface area contributed by atoms with E-state index in [2.05, 4.69) is 115 Å². The van der Waals surface area contributed by atoms with Crippen molar-refractivity contribution in [3.63, 3.8) is 0 Å². The number of hydrogen-bond acceptors (Lipinski definition) is 5. The van der Waals surface area contributed by atoms with E-state index in [1.54, 1.807) is 0 Å². The fourth-order valence-electron chi connectivity index (χ4n) is 8.78. The number of benzene rings is 7. The summed E-state index contributed by atoms with van der Waals surface area (Å²) in [6, 6.07) is 56.6. The number of pyridine rings is 1. The summed E-state index contributed by atoms with van der Waals surface area (Å²) in [6.45, 7) is -0.296. The SMILES string of the molecule is c1ccc(-c2cc3c4c(c2)Oc2nc5c(cc2B4c2ccccc2O3)B2c3ccccc3Oc3cc(-c4ccccc4-c4ccccc4)cc(c32)O5)cc1. The van der Waals surface area contributed by atoms with E-state index in [1.165, 1.54) is 0 Å². The zero-order chi connectivity index (χ0) is 35.3. The van der Waals surface area contributed by atoms with Gasteiger partial charge >= 0.3 is 0 Å². The zero-order valence-corrected chi connectivity index (χ0v) is 28.8. The minimum absolute atomic E-state index is 0.140. The molecule has 7 heteroatoms. The third kappa shape index (κ3) is 4.33. The van der Waals surface area contributed by atoms with Crippen LogP contribution in [-0.4, -0.2) is 18.4 Å². The summed E-state index contributed by atoms with van der Waals surface area (Å²) in [6.07, 6.45) is 0. The molecule has 0 N–H and O–H groups in total. The lowest BCUT2D eigenvalue weighted by molar-refractivity contribution is 0.425. The van der Waals surface area contributed by atoms with Gasteiger partial charge in [-0.3, -0.25) is 0 Å². The first-order chi connectivity index (χ1) is 26.7. The van der Waals surface area contributed by atoms with E-state index in [1.807, 2.05) is 48.5 Å². The van der Waals surface area contributed by atoms with Gasteiger partial charge in [0.05, 0.1) is 0 Å². The third-order valence-electron chi connectivity index (χ3n) is 11.2. The summed E-state index contributed by atoms with van der Waals surface area (Å²) in [5, 5.41) is 0. The van der Waals surface area contributed by atoms with Gasteiger partial charge in [0, 0.05) is 10.9 Å². The molecule has 4 aliphatic rings. The third-order valence-corrected chi connectivity index (χ3v) is 11.2. The van der Waals surface area contributed by atoms with E-state index in [0.717, 1.165) is 101 Å². The van der Waals surface area contributed by atoms with E-state index in [-0.39, 0.29) is 13.4 Å². The molecular formula is C47H27B2NO4. The van der Waals surface area contributed by atoms with Gasteiger partial charge in [0.1, 0.15) is 34.5 Å². The van der Waals surface area contributed by atoms with Crippen molar-refractivity contribution in [3.05, 3.63) is 164 Å². The molecule has 7 aromatic carbocycles. The van der Waals surface area contributed by atoms with Crippen LogP contribution in [-0.2, 0) is 0 Å². The Balaban J connectivity index is 1.06. The Hall–Kier alpha value is -6.98. The summed E-state index contributed by atoms with van der Waals surface area (Å²) in [5.41, 5.74) is 12.6. The second-order valence-electron chi connectivity index (χ2n) is 14.2. The fourth-order valence-corrected chi connectivity index (χ4v) is 8.78. The normalized spacial score (nSPS) is 13.3. The smallest absolute Gasteiger partial charge is 0.262 e. The van der Waals surface area contributed by atoms with Crippen molar-refractivity contribution in [2.45, 2.75) is 0 Å². The van der Waals surface area contributed by atoms with Crippen LogP contribution in [0.5, 0.6) is 46.3 Å². The van der Waals surface area contributed by atoms with Crippen LogP contribution in [0.1, 0.15) is 0 Å². The maximum atomic E-state index is 6.87. The van der Waals surface area contributed by atoms with Crippen molar-refractivity contribution in [1.29, 1.82) is 0 Å². The summed E-state index contributed by atoms with van der Waals surface area (Å²) in [4.78, 5) is 5.25. The molecule has 0 amide bonds. The quantitative estimate of drug-likeness (QED) is 0.179. The second-order valence-corrected chi connectivity index (χ2v) is 14.2. The standard InChI is InChI=1S/C47H27B2NO4/c1-3-13-28(14-4-1)30-23-40-44-42(24-30)53-46-36(48(44)34-19-9-11-21-38(34)51-40)27-37-47(50-46)54-43-26-31(33-18-8-7-17-32(33)29-15-5-2-6-16-29)25-41-45(43)49(37)35-20-10-12-22-39(35)52-41/h1-27H. The predicted octanol–water partition coefficient (Wildman–Crippen LogP) is 7.54. The predicted molar refractivity (Wildman–Crippen MR) is 216 cm³/mol. The van der Waals surface area contributed by atoms with E-state index >= 15 is 0 Å². The molecule has 0 bridgehead atoms. The Morgan fingerprint density at radius 3 is 1.30 bits per heavy atom. The van der Waals surface area contributed by atoms with Crippen LogP contribution in [0.15, 0.2) is 164 Å². The lowest BCUT2D eigenvalue weighted by Gasteiger charge is -2.36. The van der Waals surface area contributed by atoms with Crippen molar-refractivity contribution in [2.75, 3.05) is 0 Å². The molecule has 1 aromatic heterocycles. The minimum atomic E-state index is -0.156. The average molecular weight is 691 g/mol. The Morgan fingerprint density at radius 2 is 0.741 bits per heavy atom. The van der Waals surface area contributed by atoms with Crippen LogP contribution >= 0.6 is 0 Å². The molecule has 0 atom stereocenters. The van der Waals surface area contributed by atoms with Crippen LogP contribution in [0, 0.1) is 0 Å². The van der Waals surface area contributed by atoms with Gasteiger partial charge in [-0.15, -0.1) is 0 Å². The number of nitrogens with zero attached hydrogens (tertiary/aromatic N) is 1. The lowest BCUT2D eigenvalue weighted by Crippen LogP contribution is -2.62. The number of hydrogen-bond donors (Lipinski definition) is 0. The number of aromatic nitrogens is 1. The molecule has 8 aromatic rings. The monoisotopic (exact) mass is 691 g/mol. The highest BCUT2D eigenvalue weighted by Crippen LogP contribution is 2.42.